The summed E-state index contributed by atoms with van der Waals surface area (Å²) in [6.45, 7) is 0. The summed E-state index contributed by atoms with van der Waals surface area (Å²) in [6, 6.07) is 0. The fourth-order valence-electron chi connectivity index (χ4n) is 0.833. The molecular formula is C10H8N2O4. The normalized spacial score (nSPS) is 11.0. The largest absolute Gasteiger partial charge is 0.478 e. The second-order valence-corrected chi connectivity index (χ2v) is 2.72. The summed E-state index contributed by atoms with van der Waals surface area (Å²) in [4.78, 5) is 28.1. The molecule has 0 aliphatic heterocycles. The van der Waals surface area contributed by atoms with Crippen LogP contribution in [0.1, 0.15) is 11.4 Å². The van der Waals surface area contributed by atoms with Gasteiger partial charge < -0.3 is 10.2 Å². The molecule has 1 aromatic rings. The first kappa shape index (κ1) is 11.6. The van der Waals surface area contributed by atoms with E-state index in [0.29, 0.717) is 5.56 Å². The Labute approximate surface area is 90.6 Å². The average Bonchev–Trinajstić information content (AvgIpc) is 2.25. The van der Waals surface area contributed by atoms with Crippen molar-refractivity contribution in [1.82, 2.24) is 9.97 Å². The molecule has 0 unspecified atom stereocenters. The van der Waals surface area contributed by atoms with E-state index in [1.54, 1.807) is 0 Å². The Balaban J connectivity index is 2.75. The molecular weight excluding hydrogens is 212 g/mol. The zero-order valence-electron chi connectivity index (χ0n) is 8.07. The van der Waals surface area contributed by atoms with Gasteiger partial charge in [0.15, 0.2) is 5.82 Å². The predicted octanol–water partition coefficient (Wildman–Crippen LogP) is 0.672. The van der Waals surface area contributed by atoms with Gasteiger partial charge in [-0.05, 0) is 12.2 Å². The fourth-order valence-corrected chi connectivity index (χ4v) is 0.833. The highest BCUT2D eigenvalue weighted by atomic mass is 16.4. The van der Waals surface area contributed by atoms with Crippen molar-refractivity contribution in [3.63, 3.8) is 0 Å². The third-order valence-corrected chi connectivity index (χ3v) is 1.49. The minimum Gasteiger partial charge on any atom is -0.478 e. The van der Waals surface area contributed by atoms with Crippen LogP contribution in [0.2, 0.25) is 0 Å². The SMILES string of the molecule is O=C(O)/C=C/c1cnc(/C=C/C(=O)O)nc1. The number of rotatable bonds is 4. The molecule has 6 nitrogen and oxygen atoms in total. The number of aliphatic carboxylic acids is 2. The predicted molar refractivity (Wildman–Crippen MR) is 55.4 cm³/mol. The molecule has 2 N–H and O–H groups in total. The van der Waals surface area contributed by atoms with Crippen molar-refractivity contribution in [1.29, 1.82) is 0 Å². The van der Waals surface area contributed by atoms with Crippen LogP contribution in [0.4, 0.5) is 0 Å². The zero-order valence-corrected chi connectivity index (χ0v) is 8.07. The van der Waals surface area contributed by atoms with Gasteiger partial charge in [0.2, 0.25) is 0 Å². The van der Waals surface area contributed by atoms with Gasteiger partial charge >= 0.3 is 11.9 Å². The van der Waals surface area contributed by atoms with Crippen molar-refractivity contribution in [2.45, 2.75) is 0 Å². The van der Waals surface area contributed by atoms with Gasteiger partial charge in [0.25, 0.3) is 0 Å². The van der Waals surface area contributed by atoms with Gasteiger partial charge in [0, 0.05) is 30.1 Å². The molecule has 0 fully saturated rings. The third kappa shape index (κ3) is 4.14. The quantitative estimate of drug-likeness (QED) is 0.723. The highest BCUT2D eigenvalue weighted by Gasteiger charge is 1.94. The van der Waals surface area contributed by atoms with Gasteiger partial charge in [0.1, 0.15) is 0 Å². The van der Waals surface area contributed by atoms with Crippen molar-refractivity contribution < 1.29 is 19.8 Å². The number of hydrogen-bond acceptors (Lipinski definition) is 4. The van der Waals surface area contributed by atoms with Crippen LogP contribution in [0.3, 0.4) is 0 Å². The topological polar surface area (TPSA) is 100 Å². The molecule has 0 aliphatic carbocycles. The van der Waals surface area contributed by atoms with E-state index in [1.165, 1.54) is 24.5 Å². The zero-order chi connectivity index (χ0) is 12.0. The second-order valence-electron chi connectivity index (χ2n) is 2.72. The van der Waals surface area contributed by atoms with Gasteiger partial charge in [-0.3, -0.25) is 0 Å². The summed E-state index contributed by atoms with van der Waals surface area (Å²) >= 11 is 0. The van der Waals surface area contributed by atoms with Crippen molar-refractivity contribution in [2.24, 2.45) is 0 Å². The Morgan fingerprint density at radius 1 is 1.00 bits per heavy atom. The van der Waals surface area contributed by atoms with E-state index >= 15 is 0 Å². The van der Waals surface area contributed by atoms with Gasteiger partial charge in [0.05, 0.1) is 0 Å². The molecule has 1 aromatic heterocycles. The minimum atomic E-state index is -1.08. The molecule has 0 bridgehead atoms. The van der Waals surface area contributed by atoms with E-state index < -0.39 is 11.9 Å². The Morgan fingerprint density at radius 3 is 2.00 bits per heavy atom. The molecule has 1 heterocycles. The maximum absolute atomic E-state index is 10.2. The molecule has 0 radical (unpaired) electrons. The molecule has 6 heteroatoms. The monoisotopic (exact) mass is 220 g/mol. The number of carboxylic acids is 2. The molecule has 0 atom stereocenters. The number of carbonyl (C=O) groups is 2. The Morgan fingerprint density at radius 2 is 1.50 bits per heavy atom. The lowest BCUT2D eigenvalue weighted by molar-refractivity contribution is -0.132. The fraction of sp³-hybridized carbons (Fsp3) is 0. The average molecular weight is 220 g/mol. The van der Waals surface area contributed by atoms with Crippen molar-refractivity contribution in [2.75, 3.05) is 0 Å². The van der Waals surface area contributed by atoms with Crippen LogP contribution < -0.4 is 0 Å². The molecule has 16 heavy (non-hydrogen) atoms. The first-order valence-electron chi connectivity index (χ1n) is 4.22. The van der Waals surface area contributed by atoms with Crippen LogP contribution in [0.25, 0.3) is 12.2 Å². The highest BCUT2D eigenvalue weighted by molar-refractivity contribution is 5.85. The van der Waals surface area contributed by atoms with E-state index in [2.05, 4.69) is 9.97 Å². The Bertz CT molecular complexity index is 405. The maximum atomic E-state index is 10.2. The first-order chi connectivity index (χ1) is 7.58. The van der Waals surface area contributed by atoms with Crippen molar-refractivity contribution >= 4 is 24.1 Å². The summed E-state index contributed by atoms with van der Waals surface area (Å²) in [7, 11) is 0. The summed E-state index contributed by atoms with van der Waals surface area (Å²) in [5.74, 6) is -1.90. The molecule has 0 amide bonds. The van der Waals surface area contributed by atoms with Gasteiger partial charge in [-0.2, -0.15) is 0 Å². The number of nitrogens with zero attached hydrogens (tertiary/aromatic N) is 2. The van der Waals surface area contributed by atoms with E-state index in [0.717, 1.165) is 12.2 Å². The van der Waals surface area contributed by atoms with E-state index in [4.69, 9.17) is 10.2 Å². The van der Waals surface area contributed by atoms with Gasteiger partial charge in [-0.25, -0.2) is 19.6 Å². The van der Waals surface area contributed by atoms with Gasteiger partial charge in [-0.1, -0.05) is 0 Å². The molecule has 0 spiro atoms. The smallest absolute Gasteiger partial charge is 0.328 e. The molecule has 0 saturated heterocycles. The summed E-state index contributed by atoms with van der Waals surface area (Å²) in [5.41, 5.74) is 0.523. The Hall–Kier alpha value is -2.50. The van der Waals surface area contributed by atoms with E-state index in [9.17, 15) is 9.59 Å². The maximum Gasteiger partial charge on any atom is 0.328 e. The molecule has 0 saturated carbocycles. The highest BCUT2D eigenvalue weighted by Crippen LogP contribution is 2.00. The van der Waals surface area contributed by atoms with Crippen LogP contribution in [-0.4, -0.2) is 32.1 Å². The lowest BCUT2D eigenvalue weighted by Crippen LogP contribution is -1.91. The summed E-state index contributed by atoms with van der Waals surface area (Å²) < 4.78 is 0. The lowest BCUT2D eigenvalue weighted by Gasteiger charge is -1.93. The standard InChI is InChI=1S/C10H8N2O4/c13-9(14)3-1-7-5-11-8(12-6-7)2-4-10(15)16/h1-6H,(H,13,14)(H,15,16)/b3-1+,4-2+. The minimum absolute atomic E-state index is 0.245. The Kier molecular flexibility index (Phi) is 3.90. The van der Waals surface area contributed by atoms with Crippen LogP contribution >= 0.6 is 0 Å². The summed E-state index contributed by atoms with van der Waals surface area (Å²) in [6.07, 6.45) is 7.26. The van der Waals surface area contributed by atoms with E-state index in [1.807, 2.05) is 0 Å². The molecule has 0 aliphatic rings. The molecule has 0 aromatic carbocycles. The van der Waals surface area contributed by atoms with Crippen LogP contribution in [-0.2, 0) is 9.59 Å². The van der Waals surface area contributed by atoms with Crippen LogP contribution in [0.5, 0.6) is 0 Å². The van der Waals surface area contributed by atoms with E-state index in [-0.39, 0.29) is 5.82 Å². The van der Waals surface area contributed by atoms with Crippen LogP contribution in [0, 0.1) is 0 Å². The number of carboxylic acid groups (broad SMARTS) is 2. The summed E-state index contributed by atoms with van der Waals surface area (Å²) in [5, 5.41) is 16.7. The lowest BCUT2D eigenvalue weighted by atomic mass is 10.3. The first-order valence-corrected chi connectivity index (χ1v) is 4.22. The van der Waals surface area contributed by atoms with Crippen molar-refractivity contribution in [3.8, 4) is 0 Å². The second kappa shape index (κ2) is 5.40. The molecule has 82 valence electrons. The van der Waals surface area contributed by atoms with Gasteiger partial charge in [-0.15, -0.1) is 0 Å². The molecule has 1 rings (SSSR count). The van der Waals surface area contributed by atoms with Crippen LogP contribution in [0.15, 0.2) is 24.5 Å². The number of hydrogen-bond donors (Lipinski definition) is 2. The number of aromatic nitrogens is 2. The van der Waals surface area contributed by atoms with Crippen molar-refractivity contribution in [3.05, 3.63) is 35.9 Å². The third-order valence-electron chi connectivity index (χ3n) is 1.49.